The van der Waals surface area contributed by atoms with Gasteiger partial charge in [-0.1, -0.05) is 29.8 Å². The van der Waals surface area contributed by atoms with E-state index in [1.165, 1.54) is 0 Å². The van der Waals surface area contributed by atoms with E-state index >= 15 is 0 Å². The molecule has 0 bridgehead atoms. The summed E-state index contributed by atoms with van der Waals surface area (Å²) in [6.07, 6.45) is 1.75. The zero-order chi connectivity index (χ0) is 18.9. The first-order valence-electron chi connectivity index (χ1n) is 8.58. The molecule has 0 aliphatic heterocycles. The van der Waals surface area contributed by atoms with Crippen LogP contribution in [-0.2, 0) is 6.54 Å². The van der Waals surface area contributed by atoms with Crippen molar-refractivity contribution >= 4 is 17.4 Å². The molecule has 1 heterocycles. The van der Waals surface area contributed by atoms with Crippen molar-refractivity contribution in [3.05, 3.63) is 77.4 Å². The van der Waals surface area contributed by atoms with Gasteiger partial charge in [-0.25, -0.2) is 4.98 Å². The van der Waals surface area contributed by atoms with Crippen LogP contribution in [0.3, 0.4) is 0 Å². The molecule has 140 valence electrons. The van der Waals surface area contributed by atoms with Crippen LogP contribution in [0.2, 0.25) is 5.02 Å². The lowest BCUT2D eigenvalue weighted by atomic mass is 10.2. The number of rotatable bonds is 9. The summed E-state index contributed by atoms with van der Waals surface area (Å²) in [5, 5.41) is 3.96. The van der Waals surface area contributed by atoms with E-state index < -0.39 is 0 Å². The predicted molar refractivity (Wildman–Crippen MR) is 107 cm³/mol. The third-order valence-corrected chi connectivity index (χ3v) is 4.07. The first-order valence-corrected chi connectivity index (χ1v) is 8.96. The Labute approximate surface area is 163 Å². The molecule has 0 aliphatic carbocycles. The highest BCUT2D eigenvalue weighted by molar-refractivity contribution is 6.30. The number of nitrogens with one attached hydrogen (secondary N) is 1. The average molecular weight is 385 g/mol. The fourth-order valence-electron chi connectivity index (χ4n) is 2.51. The first-order chi connectivity index (χ1) is 13.3. The molecule has 1 N–H and O–H groups in total. The normalized spacial score (nSPS) is 10.3. The Morgan fingerprint density at radius 3 is 2.48 bits per heavy atom. The fourth-order valence-corrected chi connectivity index (χ4v) is 2.64. The first kappa shape index (κ1) is 18.9. The number of benzene rings is 2. The highest BCUT2D eigenvalue weighted by Gasteiger charge is 2.11. The number of halogens is 1. The number of hydrogen-bond donors (Lipinski definition) is 1. The molecule has 3 rings (SSSR count). The van der Waals surface area contributed by atoms with Crippen molar-refractivity contribution < 1.29 is 14.2 Å². The maximum atomic E-state index is 5.96. The van der Waals surface area contributed by atoms with Crippen molar-refractivity contribution in [1.82, 2.24) is 4.98 Å². The van der Waals surface area contributed by atoms with Gasteiger partial charge in [-0.05, 0) is 42.5 Å². The monoisotopic (exact) mass is 384 g/mol. The van der Waals surface area contributed by atoms with Crippen molar-refractivity contribution in [3.8, 4) is 17.2 Å². The second kappa shape index (κ2) is 9.69. The van der Waals surface area contributed by atoms with E-state index in [0.29, 0.717) is 36.3 Å². The third kappa shape index (κ3) is 5.53. The summed E-state index contributed by atoms with van der Waals surface area (Å²) in [4.78, 5) is 4.27. The molecule has 0 saturated carbocycles. The molecule has 3 aromatic rings. The molecule has 2 aromatic carbocycles. The summed E-state index contributed by atoms with van der Waals surface area (Å²) in [5.74, 6) is 2.93. The van der Waals surface area contributed by atoms with E-state index in [4.69, 9.17) is 25.8 Å². The molecule has 0 fully saturated rings. The number of pyridine rings is 1. The Hall–Kier alpha value is -2.92. The van der Waals surface area contributed by atoms with E-state index in [9.17, 15) is 0 Å². The Morgan fingerprint density at radius 2 is 1.74 bits per heavy atom. The van der Waals surface area contributed by atoms with Gasteiger partial charge in [0.2, 0.25) is 0 Å². The largest absolute Gasteiger partial charge is 0.493 e. The van der Waals surface area contributed by atoms with Crippen LogP contribution in [0.25, 0.3) is 0 Å². The predicted octanol–water partition coefficient (Wildman–Crippen LogP) is 4.81. The van der Waals surface area contributed by atoms with Crippen LogP contribution in [0.5, 0.6) is 17.2 Å². The lowest BCUT2D eigenvalue weighted by molar-refractivity contribution is 0.210. The maximum Gasteiger partial charge on any atom is 0.166 e. The molecule has 6 heteroatoms. The number of nitrogens with zero attached hydrogens (tertiary/aromatic N) is 1. The van der Waals surface area contributed by atoms with Crippen molar-refractivity contribution in [2.45, 2.75) is 6.54 Å². The Balaban J connectivity index is 1.59. The summed E-state index contributed by atoms with van der Waals surface area (Å²) in [5.41, 5.74) is 0.978. The zero-order valence-electron chi connectivity index (χ0n) is 15.0. The SMILES string of the molecule is COc1cccc(CNc2ccccn2)c1OCCOc1ccc(Cl)cc1. The van der Waals surface area contributed by atoms with E-state index in [1.807, 2.05) is 48.5 Å². The highest BCUT2D eigenvalue weighted by atomic mass is 35.5. The molecule has 0 saturated heterocycles. The lowest BCUT2D eigenvalue weighted by Gasteiger charge is -2.16. The molecule has 0 radical (unpaired) electrons. The van der Waals surface area contributed by atoms with Gasteiger partial charge in [0.05, 0.1) is 7.11 Å². The van der Waals surface area contributed by atoms with Gasteiger partial charge in [-0.15, -0.1) is 0 Å². The number of aromatic nitrogens is 1. The third-order valence-electron chi connectivity index (χ3n) is 3.82. The van der Waals surface area contributed by atoms with Crippen LogP contribution in [0.15, 0.2) is 66.9 Å². The molecule has 0 atom stereocenters. The second-order valence-corrected chi connectivity index (χ2v) is 6.10. The Morgan fingerprint density at radius 1 is 0.926 bits per heavy atom. The van der Waals surface area contributed by atoms with Crippen LogP contribution in [0.4, 0.5) is 5.82 Å². The van der Waals surface area contributed by atoms with E-state index in [-0.39, 0.29) is 0 Å². The summed E-state index contributed by atoms with van der Waals surface area (Å²) in [6, 6.07) is 18.8. The van der Waals surface area contributed by atoms with Crippen molar-refractivity contribution in [2.75, 3.05) is 25.6 Å². The van der Waals surface area contributed by atoms with Crippen LogP contribution < -0.4 is 19.5 Å². The van der Waals surface area contributed by atoms with Crippen LogP contribution in [0, 0.1) is 0 Å². The van der Waals surface area contributed by atoms with Gasteiger partial charge < -0.3 is 19.5 Å². The van der Waals surface area contributed by atoms with Crippen LogP contribution >= 0.6 is 11.6 Å². The van der Waals surface area contributed by atoms with Crippen molar-refractivity contribution in [1.29, 1.82) is 0 Å². The van der Waals surface area contributed by atoms with Gasteiger partial charge in [-0.2, -0.15) is 0 Å². The molecule has 0 aliphatic rings. The van der Waals surface area contributed by atoms with E-state index in [2.05, 4.69) is 10.3 Å². The number of methoxy groups -OCH3 is 1. The molecule has 0 amide bonds. The molecular formula is C21H21ClN2O3. The van der Waals surface area contributed by atoms with Crippen molar-refractivity contribution in [3.63, 3.8) is 0 Å². The van der Waals surface area contributed by atoms with Gasteiger partial charge in [0.1, 0.15) is 24.8 Å². The van der Waals surface area contributed by atoms with Gasteiger partial charge in [-0.3, -0.25) is 0 Å². The minimum absolute atomic E-state index is 0.388. The summed E-state index contributed by atoms with van der Waals surface area (Å²) in [7, 11) is 1.63. The molecule has 0 spiro atoms. The second-order valence-electron chi connectivity index (χ2n) is 5.67. The topological polar surface area (TPSA) is 52.6 Å². The number of hydrogen-bond acceptors (Lipinski definition) is 5. The van der Waals surface area contributed by atoms with Crippen LogP contribution in [-0.4, -0.2) is 25.3 Å². The molecule has 1 aromatic heterocycles. The number of anilines is 1. The summed E-state index contributed by atoms with van der Waals surface area (Å²) in [6.45, 7) is 1.37. The average Bonchev–Trinajstić information content (AvgIpc) is 2.72. The molecular weight excluding hydrogens is 364 g/mol. The Bertz CT molecular complexity index is 842. The highest BCUT2D eigenvalue weighted by Crippen LogP contribution is 2.31. The van der Waals surface area contributed by atoms with Gasteiger partial charge in [0.15, 0.2) is 11.5 Å². The standard InChI is InChI=1S/C21H21ClN2O3/c1-25-19-6-4-5-16(15-24-20-7-2-3-12-23-20)21(19)27-14-13-26-18-10-8-17(22)9-11-18/h2-12H,13-15H2,1H3,(H,23,24). The minimum atomic E-state index is 0.388. The number of para-hydroxylation sites is 1. The summed E-state index contributed by atoms with van der Waals surface area (Å²) < 4.78 is 17.1. The summed E-state index contributed by atoms with van der Waals surface area (Å²) >= 11 is 5.87. The van der Waals surface area contributed by atoms with E-state index in [0.717, 1.165) is 17.1 Å². The fraction of sp³-hybridized carbons (Fsp3) is 0.190. The number of ether oxygens (including phenoxy) is 3. The quantitative estimate of drug-likeness (QED) is 0.536. The van der Waals surface area contributed by atoms with Gasteiger partial charge in [0.25, 0.3) is 0 Å². The zero-order valence-corrected chi connectivity index (χ0v) is 15.8. The molecule has 5 nitrogen and oxygen atoms in total. The molecule has 27 heavy (non-hydrogen) atoms. The van der Waals surface area contributed by atoms with Gasteiger partial charge in [0, 0.05) is 23.3 Å². The van der Waals surface area contributed by atoms with E-state index in [1.54, 1.807) is 25.4 Å². The smallest absolute Gasteiger partial charge is 0.166 e. The minimum Gasteiger partial charge on any atom is -0.493 e. The lowest BCUT2D eigenvalue weighted by Crippen LogP contribution is -2.12. The van der Waals surface area contributed by atoms with Crippen molar-refractivity contribution in [2.24, 2.45) is 0 Å². The van der Waals surface area contributed by atoms with Gasteiger partial charge >= 0.3 is 0 Å². The van der Waals surface area contributed by atoms with Crippen LogP contribution in [0.1, 0.15) is 5.56 Å². The maximum absolute atomic E-state index is 5.96. The molecule has 0 unspecified atom stereocenters. The Kier molecular flexibility index (Phi) is 6.77.